The fourth-order valence-electron chi connectivity index (χ4n) is 2.69. The lowest BCUT2D eigenvalue weighted by Gasteiger charge is -2.10. The molecule has 1 N–H and O–H groups in total. The molecule has 1 heterocycles. The van der Waals surface area contributed by atoms with Gasteiger partial charge in [0, 0.05) is 12.6 Å². The van der Waals surface area contributed by atoms with Crippen LogP contribution in [0.15, 0.2) is 57.7 Å². The van der Waals surface area contributed by atoms with E-state index in [0.717, 1.165) is 12.8 Å². The highest BCUT2D eigenvalue weighted by Gasteiger charge is 2.14. The van der Waals surface area contributed by atoms with Crippen LogP contribution >= 0.6 is 0 Å². The number of rotatable bonds is 8. The van der Waals surface area contributed by atoms with Crippen molar-refractivity contribution in [2.24, 2.45) is 0 Å². The van der Waals surface area contributed by atoms with E-state index in [1.165, 1.54) is 0 Å². The highest BCUT2D eigenvalue weighted by atomic mass is 16.5. The van der Waals surface area contributed by atoms with Crippen molar-refractivity contribution < 1.29 is 18.7 Å². The first-order chi connectivity index (χ1) is 13.6. The number of ether oxygens (including phenoxy) is 2. The first-order valence-electron chi connectivity index (χ1n) is 9.28. The van der Waals surface area contributed by atoms with E-state index in [4.69, 9.17) is 13.9 Å². The van der Waals surface area contributed by atoms with Crippen molar-refractivity contribution >= 4 is 16.9 Å². The van der Waals surface area contributed by atoms with Crippen molar-refractivity contribution in [3.63, 3.8) is 0 Å². The Morgan fingerprint density at radius 3 is 2.64 bits per heavy atom. The van der Waals surface area contributed by atoms with Gasteiger partial charge < -0.3 is 19.2 Å². The summed E-state index contributed by atoms with van der Waals surface area (Å²) < 4.78 is 17.0. The molecule has 6 nitrogen and oxygen atoms in total. The molecule has 0 saturated heterocycles. The molecule has 0 aliphatic heterocycles. The average Bonchev–Trinajstić information content (AvgIpc) is 2.70. The lowest BCUT2D eigenvalue weighted by atomic mass is 10.2. The minimum atomic E-state index is -0.258. The summed E-state index contributed by atoms with van der Waals surface area (Å²) in [4.78, 5) is 24.5. The molecule has 3 aromatic rings. The zero-order chi connectivity index (χ0) is 19.9. The normalized spacial score (nSPS) is 10.6. The van der Waals surface area contributed by atoms with Crippen LogP contribution in [0.3, 0.4) is 0 Å². The summed E-state index contributed by atoms with van der Waals surface area (Å²) in [5, 5.41) is 3.17. The Balaban J connectivity index is 1.77. The Labute approximate surface area is 163 Å². The van der Waals surface area contributed by atoms with Gasteiger partial charge in [0.05, 0.1) is 5.39 Å². The highest BCUT2D eigenvalue weighted by Crippen LogP contribution is 2.27. The molecule has 2 aromatic carbocycles. The largest absolute Gasteiger partial charge is 0.484 e. The van der Waals surface area contributed by atoms with Gasteiger partial charge in [-0.1, -0.05) is 31.5 Å². The summed E-state index contributed by atoms with van der Waals surface area (Å²) >= 11 is 0. The summed E-state index contributed by atoms with van der Waals surface area (Å²) in [6.07, 6.45) is 1.94. The van der Waals surface area contributed by atoms with Gasteiger partial charge in [0.2, 0.25) is 11.2 Å². The summed E-state index contributed by atoms with van der Waals surface area (Å²) in [5.41, 5.74) is 0.123. The third-order valence-electron chi connectivity index (χ3n) is 4.17. The third kappa shape index (κ3) is 4.71. The van der Waals surface area contributed by atoms with E-state index < -0.39 is 0 Å². The van der Waals surface area contributed by atoms with Crippen LogP contribution in [0, 0.1) is 6.92 Å². The minimum Gasteiger partial charge on any atom is -0.484 e. The monoisotopic (exact) mass is 381 g/mol. The van der Waals surface area contributed by atoms with E-state index in [9.17, 15) is 9.59 Å². The number of amides is 1. The lowest BCUT2D eigenvalue weighted by Crippen LogP contribution is -2.29. The first kappa shape index (κ1) is 19.5. The van der Waals surface area contributed by atoms with Crippen molar-refractivity contribution in [2.75, 3.05) is 13.2 Å². The number of carbonyl (C=O) groups is 1. The number of hydrogen-bond donors (Lipinski definition) is 1. The van der Waals surface area contributed by atoms with E-state index in [2.05, 4.69) is 12.2 Å². The third-order valence-corrected chi connectivity index (χ3v) is 4.17. The number of nitrogens with one attached hydrogen (secondary N) is 1. The second-order valence-corrected chi connectivity index (χ2v) is 6.38. The molecule has 0 fully saturated rings. The maximum atomic E-state index is 12.8. The molecule has 3 rings (SSSR count). The van der Waals surface area contributed by atoms with E-state index in [1.807, 2.05) is 18.2 Å². The first-order valence-corrected chi connectivity index (χ1v) is 9.28. The van der Waals surface area contributed by atoms with Gasteiger partial charge in [-0.05, 0) is 37.6 Å². The Kier molecular flexibility index (Phi) is 6.32. The van der Waals surface area contributed by atoms with Crippen LogP contribution < -0.4 is 20.2 Å². The van der Waals surface area contributed by atoms with Gasteiger partial charge in [0.15, 0.2) is 6.61 Å². The molecule has 0 aliphatic rings. The molecule has 0 spiro atoms. The quantitative estimate of drug-likeness (QED) is 0.592. The Morgan fingerprint density at radius 1 is 1.11 bits per heavy atom. The molecular weight excluding hydrogens is 358 g/mol. The number of benzene rings is 2. The summed E-state index contributed by atoms with van der Waals surface area (Å²) in [7, 11) is 0. The number of aryl methyl sites for hydroxylation is 1. The molecule has 1 aromatic heterocycles. The molecule has 0 unspecified atom stereocenters. The van der Waals surface area contributed by atoms with Crippen LogP contribution in [0.25, 0.3) is 11.0 Å². The van der Waals surface area contributed by atoms with E-state index >= 15 is 0 Å². The molecule has 146 valence electrons. The molecule has 1 amide bonds. The minimum absolute atomic E-state index is 0.0896. The topological polar surface area (TPSA) is 77.8 Å². The Hall–Kier alpha value is -3.28. The Morgan fingerprint density at radius 2 is 1.89 bits per heavy atom. The summed E-state index contributed by atoms with van der Waals surface area (Å²) in [6.45, 7) is 4.28. The number of para-hydroxylation sites is 1. The number of fused-ring (bicyclic) bond motifs is 1. The maximum absolute atomic E-state index is 12.8. The molecular formula is C22H23NO5. The van der Waals surface area contributed by atoms with Gasteiger partial charge in [0.1, 0.15) is 22.8 Å². The van der Waals surface area contributed by atoms with Gasteiger partial charge in [-0.25, -0.2) is 0 Å². The van der Waals surface area contributed by atoms with Gasteiger partial charge in [-0.3, -0.25) is 9.59 Å². The number of carbonyl (C=O) groups excluding carboxylic acids is 1. The molecule has 0 radical (unpaired) electrons. The predicted octanol–water partition coefficient (Wildman–Crippen LogP) is 4.19. The van der Waals surface area contributed by atoms with Gasteiger partial charge in [-0.15, -0.1) is 0 Å². The summed E-state index contributed by atoms with van der Waals surface area (Å²) in [6, 6.07) is 13.9. The van der Waals surface area contributed by atoms with Crippen LogP contribution in [0.5, 0.6) is 17.2 Å². The van der Waals surface area contributed by atoms with Crippen LogP contribution in [-0.4, -0.2) is 19.1 Å². The second kappa shape index (κ2) is 9.08. The van der Waals surface area contributed by atoms with Gasteiger partial charge >= 0.3 is 0 Å². The van der Waals surface area contributed by atoms with E-state index in [0.29, 0.717) is 34.8 Å². The van der Waals surface area contributed by atoms with E-state index in [1.54, 1.807) is 37.3 Å². The van der Waals surface area contributed by atoms with Gasteiger partial charge in [-0.2, -0.15) is 0 Å². The van der Waals surface area contributed by atoms with Gasteiger partial charge in [0.25, 0.3) is 5.91 Å². The standard InChI is InChI=1S/C22H23NO5/c1-3-4-12-23-20(24)14-26-17-10-11-18-19(13-17)27-15(2)22(21(18)25)28-16-8-6-5-7-9-16/h5-11,13H,3-4,12,14H2,1-2H3,(H,23,24). The average molecular weight is 381 g/mol. The van der Waals surface area contributed by atoms with Crippen molar-refractivity contribution in [1.29, 1.82) is 0 Å². The molecule has 0 aliphatic carbocycles. The molecule has 6 heteroatoms. The second-order valence-electron chi connectivity index (χ2n) is 6.38. The fraction of sp³-hybridized carbons (Fsp3) is 0.273. The van der Waals surface area contributed by atoms with E-state index in [-0.39, 0.29) is 23.7 Å². The van der Waals surface area contributed by atoms with Crippen molar-refractivity contribution in [1.82, 2.24) is 5.32 Å². The van der Waals surface area contributed by atoms with Crippen molar-refractivity contribution in [3.05, 3.63) is 64.5 Å². The number of unbranched alkanes of at least 4 members (excludes halogenated alkanes) is 1. The van der Waals surface area contributed by atoms with Crippen LogP contribution in [0.1, 0.15) is 25.5 Å². The fourth-order valence-corrected chi connectivity index (χ4v) is 2.69. The SMILES string of the molecule is CCCCNC(=O)COc1ccc2c(=O)c(Oc3ccccc3)c(C)oc2c1. The van der Waals surface area contributed by atoms with Crippen molar-refractivity contribution in [3.8, 4) is 17.2 Å². The molecule has 0 bridgehead atoms. The molecule has 28 heavy (non-hydrogen) atoms. The zero-order valence-corrected chi connectivity index (χ0v) is 16.0. The zero-order valence-electron chi connectivity index (χ0n) is 16.0. The summed E-state index contributed by atoms with van der Waals surface area (Å²) in [5.74, 6) is 1.36. The van der Waals surface area contributed by atoms with Crippen molar-refractivity contribution in [2.45, 2.75) is 26.7 Å². The van der Waals surface area contributed by atoms with Crippen LogP contribution in [0.4, 0.5) is 0 Å². The maximum Gasteiger partial charge on any atom is 0.257 e. The molecule has 0 atom stereocenters. The predicted molar refractivity (Wildman–Crippen MR) is 107 cm³/mol. The smallest absolute Gasteiger partial charge is 0.257 e. The van der Waals surface area contributed by atoms with Crippen LogP contribution in [0.2, 0.25) is 0 Å². The van der Waals surface area contributed by atoms with Crippen LogP contribution in [-0.2, 0) is 4.79 Å². The highest BCUT2D eigenvalue weighted by molar-refractivity contribution is 5.80. The molecule has 0 saturated carbocycles. The lowest BCUT2D eigenvalue weighted by molar-refractivity contribution is -0.123. The Bertz CT molecular complexity index is 1010. The number of hydrogen-bond acceptors (Lipinski definition) is 5.